The van der Waals surface area contributed by atoms with Crippen LogP contribution in [0.25, 0.3) is 0 Å². The smallest absolute Gasteiger partial charge is 0.241 e. The second-order valence-electron chi connectivity index (χ2n) is 4.14. The third-order valence-corrected chi connectivity index (χ3v) is 3.75. The molecule has 0 bridgehead atoms. The Labute approximate surface area is 110 Å². The number of nitrogen functional groups attached to an aromatic ring is 1. The third-order valence-electron chi connectivity index (χ3n) is 2.37. The SMILES string of the molecule is Cc1cc(N)cc(S(=O)(=O)NCc2nc(C)no2)c1. The standard InChI is InChI=1S/C11H14N4O3S/c1-7-3-9(12)5-10(4-7)19(16,17)13-6-11-14-8(2)15-18-11/h3-5,13H,6,12H2,1-2H3. The molecule has 19 heavy (non-hydrogen) atoms. The lowest BCUT2D eigenvalue weighted by Gasteiger charge is -2.06. The lowest BCUT2D eigenvalue weighted by atomic mass is 10.2. The summed E-state index contributed by atoms with van der Waals surface area (Å²) in [6, 6.07) is 4.63. The zero-order valence-electron chi connectivity index (χ0n) is 10.5. The van der Waals surface area contributed by atoms with Crippen LogP contribution in [-0.2, 0) is 16.6 Å². The van der Waals surface area contributed by atoms with Crippen LogP contribution in [0.4, 0.5) is 5.69 Å². The zero-order chi connectivity index (χ0) is 14.0. The van der Waals surface area contributed by atoms with Crippen molar-refractivity contribution in [3.63, 3.8) is 0 Å². The topological polar surface area (TPSA) is 111 Å². The van der Waals surface area contributed by atoms with Crippen molar-refractivity contribution >= 4 is 15.7 Å². The molecule has 0 saturated carbocycles. The van der Waals surface area contributed by atoms with Crippen LogP contribution in [0.15, 0.2) is 27.6 Å². The van der Waals surface area contributed by atoms with E-state index in [1.54, 1.807) is 19.9 Å². The monoisotopic (exact) mass is 282 g/mol. The number of rotatable bonds is 4. The molecular weight excluding hydrogens is 268 g/mol. The molecule has 2 aromatic rings. The summed E-state index contributed by atoms with van der Waals surface area (Å²) in [5.74, 6) is 0.663. The maximum Gasteiger partial charge on any atom is 0.241 e. The zero-order valence-corrected chi connectivity index (χ0v) is 11.4. The van der Waals surface area contributed by atoms with Crippen molar-refractivity contribution in [3.05, 3.63) is 35.5 Å². The van der Waals surface area contributed by atoms with Gasteiger partial charge in [-0.3, -0.25) is 0 Å². The molecule has 2 rings (SSSR count). The van der Waals surface area contributed by atoms with E-state index in [4.69, 9.17) is 10.3 Å². The number of nitrogens with one attached hydrogen (secondary N) is 1. The fourth-order valence-electron chi connectivity index (χ4n) is 1.58. The van der Waals surface area contributed by atoms with Gasteiger partial charge in [-0.15, -0.1) is 0 Å². The molecule has 0 spiro atoms. The molecule has 0 aliphatic heterocycles. The number of nitrogens with zero attached hydrogens (tertiary/aromatic N) is 2. The van der Waals surface area contributed by atoms with Crippen molar-refractivity contribution < 1.29 is 12.9 Å². The summed E-state index contributed by atoms with van der Waals surface area (Å²) in [4.78, 5) is 4.03. The molecule has 1 aromatic heterocycles. The van der Waals surface area contributed by atoms with Gasteiger partial charge in [-0.25, -0.2) is 13.1 Å². The molecule has 0 atom stereocenters. The largest absolute Gasteiger partial charge is 0.399 e. The van der Waals surface area contributed by atoms with E-state index in [1.807, 2.05) is 0 Å². The fourth-order valence-corrected chi connectivity index (χ4v) is 2.70. The van der Waals surface area contributed by atoms with Crippen molar-refractivity contribution in [2.24, 2.45) is 0 Å². The Balaban J connectivity index is 2.18. The molecule has 0 aliphatic rings. The Morgan fingerprint density at radius 2 is 2.05 bits per heavy atom. The van der Waals surface area contributed by atoms with Crippen LogP contribution in [0.5, 0.6) is 0 Å². The minimum absolute atomic E-state index is 0.0585. The summed E-state index contributed by atoms with van der Waals surface area (Å²) < 4.78 is 31.3. The Bertz CT molecular complexity index is 673. The van der Waals surface area contributed by atoms with Crippen molar-refractivity contribution in [2.45, 2.75) is 25.3 Å². The number of anilines is 1. The van der Waals surface area contributed by atoms with E-state index in [2.05, 4.69) is 14.9 Å². The predicted molar refractivity (Wildman–Crippen MR) is 68.7 cm³/mol. The lowest BCUT2D eigenvalue weighted by Crippen LogP contribution is -2.23. The third kappa shape index (κ3) is 3.30. The van der Waals surface area contributed by atoms with E-state index >= 15 is 0 Å². The van der Waals surface area contributed by atoms with E-state index in [-0.39, 0.29) is 17.3 Å². The molecule has 0 fully saturated rings. The van der Waals surface area contributed by atoms with Gasteiger partial charge in [0, 0.05) is 5.69 Å². The molecule has 0 unspecified atom stereocenters. The normalized spacial score (nSPS) is 11.7. The maximum atomic E-state index is 12.1. The molecule has 102 valence electrons. The number of aromatic nitrogens is 2. The van der Waals surface area contributed by atoms with E-state index < -0.39 is 10.0 Å². The van der Waals surface area contributed by atoms with E-state index in [0.717, 1.165) is 5.56 Å². The highest BCUT2D eigenvalue weighted by molar-refractivity contribution is 7.89. The summed E-state index contributed by atoms with van der Waals surface area (Å²) in [5, 5.41) is 3.58. The highest BCUT2D eigenvalue weighted by atomic mass is 32.2. The van der Waals surface area contributed by atoms with Crippen LogP contribution in [0.1, 0.15) is 17.3 Å². The first kappa shape index (κ1) is 13.5. The summed E-state index contributed by atoms with van der Waals surface area (Å²) in [6.45, 7) is 3.37. The first-order valence-electron chi connectivity index (χ1n) is 5.53. The van der Waals surface area contributed by atoms with Gasteiger partial charge < -0.3 is 10.3 Å². The summed E-state index contributed by atoms with van der Waals surface area (Å²) in [6.07, 6.45) is 0. The van der Waals surface area contributed by atoms with Gasteiger partial charge in [-0.1, -0.05) is 5.16 Å². The van der Waals surface area contributed by atoms with Crippen LogP contribution in [0.3, 0.4) is 0 Å². The average molecular weight is 282 g/mol. The average Bonchev–Trinajstić information content (AvgIpc) is 2.71. The first-order valence-corrected chi connectivity index (χ1v) is 7.01. The van der Waals surface area contributed by atoms with Gasteiger partial charge in [0.2, 0.25) is 15.9 Å². The van der Waals surface area contributed by atoms with Crippen molar-refractivity contribution in [1.82, 2.24) is 14.9 Å². The Kier molecular flexibility index (Phi) is 3.54. The molecule has 1 aromatic carbocycles. The van der Waals surface area contributed by atoms with Gasteiger partial charge in [0.05, 0.1) is 11.4 Å². The van der Waals surface area contributed by atoms with Crippen LogP contribution in [0.2, 0.25) is 0 Å². The number of nitrogens with two attached hydrogens (primary N) is 1. The van der Waals surface area contributed by atoms with E-state index in [0.29, 0.717) is 11.5 Å². The molecule has 0 aliphatic carbocycles. The van der Waals surface area contributed by atoms with E-state index in [9.17, 15) is 8.42 Å². The van der Waals surface area contributed by atoms with Gasteiger partial charge in [-0.2, -0.15) is 4.98 Å². The summed E-state index contributed by atoms with van der Waals surface area (Å²) in [7, 11) is -3.65. The van der Waals surface area contributed by atoms with Gasteiger partial charge in [-0.05, 0) is 37.6 Å². The number of hydrogen-bond acceptors (Lipinski definition) is 6. The van der Waals surface area contributed by atoms with Gasteiger partial charge in [0.15, 0.2) is 5.82 Å². The van der Waals surface area contributed by atoms with Gasteiger partial charge >= 0.3 is 0 Å². The highest BCUT2D eigenvalue weighted by Gasteiger charge is 2.16. The number of benzene rings is 1. The second-order valence-corrected chi connectivity index (χ2v) is 5.91. The predicted octanol–water partition coefficient (Wildman–Crippen LogP) is 0.747. The summed E-state index contributed by atoms with van der Waals surface area (Å²) in [5.41, 5.74) is 6.80. The van der Waals surface area contributed by atoms with Crippen LogP contribution >= 0.6 is 0 Å². The molecule has 0 radical (unpaired) electrons. The van der Waals surface area contributed by atoms with Crippen LogP contribution < -0.4 is 10.5 Å². The minimum Gasteiger partial charge on any atom is -0.399 e. The van der Waals surface area contributed by atoms with Crippen LogP contribution in [0, 0.1) is 13.8 Å². The lowest BCUT2D eigenvalue weighted by molar-refractivity contribution is 0.372. The van der Waals surface area contributed by atoms with Crippen molar-refractivity contribution in [3.8, 4) is 0 Å². The van der Waals surface area contributed by atoms with E-state index in [1.165, 1.54) is 12.1 Å². The molecule has 8 heteroatoms. The van der Waals surface area contributed by atoms with Crippen LogP contribution in [-0.4, -0.2) is 18.6 Å². The fraction of sp³-hybridized carbons (Fsp3) is 0.273. The molecular formula is C11H14N4O3S. The number of aryl methyl sites for hydroxylation is 2. The van der Waals surface area contributed by atoms with Gasteiger partial charge in [0.25, 0.3) is 0 Å². The quantitative estimate of drug-likeness (QED) is 0.800. The molecule has 3 N–H and O–H groups in total. The minimum atomic E-state index is -3.65. The summed E-state index contributed by atoms with van der Waals surface area (Å²) >= 11 is 0. The molecule has 0 saturated heterocycles. The maximum absolute atomic E-state index is 12.1. The Hall–Kier alpha value is -1.93. The van der Waals surface area contributed by atoms with Crippen molar-refractivity contribution in [2.75, 3.05) is 5.73 Å². The number of hydrogen-bond donors (Lipinski definition) is 2. The molecule has 7 nitrogen and oxygen atoms in total. The second kappa shape index (κ2) is 4.98. The Morgan fingerprint density at radius 1 is 1.32 bits per heavy atom. The number of sulfonamides is 1. The van der Waals surface area contributed by atoms with Crippen molar-refractivity contribution in [1.29, 1.82) is 0 Å². The molecule has 0 amide bonds. The first-order chi connectivity index (χ1) is 8.87. The molecule has 1 heterocycles. The highest BCUT2D eigenvalue weighted by Crippen LogP contribution is 2.16. The Morgan fingerprint density at radius 3 is 2.63 bits per heavy atom. The van der Waals surface area contributed by atoms with Gasteiger partial charge in [0.1, 0.15) is 0 Å².